The second kappa shape index (κ2) is 6.04. The van der Waals surface area contributed by atoms with Crippen molar-refractivity contribution in [2.75, 3.05) is 5.32 Å². The van der Waals surface area contributed by atoms with E-state index in [0.717, 1.165) is 16.8 Å². The molecule has 0 spiro atoms. The van der Waals surface area contributed by atoms with Crippen molar-refractivity contribution in [3.63, 3.8) is 0 Å². The molecule has 0 aromatic heterocycles. The van der Waals surface area contributed by atoms with Crippen LogP contribution >= 0.6 is 34.8 Å². The summed E-state index contributed by atoms with van der Waals surface area (Å²) >= 11 is 18.3. The standard InChI is InChI=1S/C15H14Cl3N/c1-9-3-6-13(17)15(7-9)19-10(2)12-5-4-11(16)8-14(12)18/h3-8,10,19H,1-2H3/t10-/m1/s1. The van der Waals surface area contributed by atoms with E-state index in [1.54, 1.807) is 6.07 Å². The van der Waals surface area contributed by atoms with E-state index in [1.165, 1.54) is 0 Å². The summed E-state index contributed by atoms with van der Waals surface area (Å²) in [6.07, 6.45) is 0. The lowest BCUT2D eigenvalue weighted by Crippen LogP contribution is -2.07. The molecule has 0 aliphatic heterocycles. The van der Waals surface area contributed by atoms with E-state index in [0.29, 0.717) is 15.1 Å². The van der Waals surface area contributed by atoms with Crippen LogP contribution in [0.25, 0.3) is 0 Å². The maximum absolute atomic E-state index is 6.20. The number of benzene rings is 2. The summed E-state index contributed by atoms with van der Waals surface area (Å²) in [7, 11) is 0. The fourth-order valence-electron chi connectivity index (χ4n) is 1.91. The topological polar surface area (TPSA) is 12.0 Å². The van der Waals surface area contributed by atoms with E-state index < -0.39 is 0 Å². The van der Waals surface area contributed by atoms with Gasteiger partial charge in [0.1, 0.15) is 0 Å². The van der Waals surface area contributed by atoms with E-state index in [2.05, 4.69) is 5.32 Å². The molecule has 100 valence electrons. The van der Waals surface area contributed by atoms with Gasteiger partial charge in [0.25, 0.3) is 0 Å². The highest BCUT2D eigenvalue weighted by Crippen LogP contribution is 2.31. The molecule has 0 radical (unpaired) electrons. The van der Waals surface area contributed by atoms with E-state index >= 15 is 0 Å². The van der Waals surface area contributed by atoms with Crippen LogP contribution in [0.3, 0.4) is 0 Å². The number of aryl methyl sites for hydroxylation is 1. The minimum absolute atomic E-state index is 0.0454. The number of hydrogen-bond acceptors (Lipinski definition) is 1. The van der Waals surface area contributed by atoms with Gasteiger partial charge >= 0.3 is 0 Å². The molecule has 0 amide bonds. The Morgan fingerprint density at radius 1 is 0.947 bits per heavy atom. The zero-order valence-corrected chi connectivity index (χ0v) is 12.9. The van der Waals surface area contributed by atoms with Crippen LogP contribution in [0.15, 0.2) is 36.4 Å². The molecular weight excluding hydrogens is 301 g/mol. The number of halogens is 3. The molecule has 4 heteroatoms. The maximum atomic E-state index is 6.20. The van der Waals surface area contributed by atoms with Crippen LogP contribution in [0.2, 0.25) is 15.1 Å². The Hall–Kier alpha value is -0.890. The average molecular weight is 315 g/mol. The number of hydrogen-bond donors (Lipinski definition) is 1. The van der Waals surface area contributed by atoms with E-state index in [1.807, 2.05) is 44.2 Å². The normalized spacial score (nSPS) is 12.3. The lowest BCUT2D eigenvalue weighted by atomic mass is 10.1. The Morgan fingerprint density at radius 2 is 1.68 bits per heavy atom. The van der Waals surface area contributed by atoms with Crippen molar-refractivity contribution >= 4 is 40.5 Å². The van der Waals surface area contributed by atoms with Gasteiger partial charge < -0.3 is 5.32 Å². The highest BCUT2D eigenvalue weighted by Gasteiger charge is 2.11. The Balaban J connectivity index is 2.25. The molecule has 1 nitrogen and oxygen atoms in total. The van der Waals surface area contributed by atoms with Gasteiger partial charge in [-0.15, -0.1) is 0 Å². The van der Waals surface area contributed by atoms with Gasteiger partial charge in [-0.2, -0.15) is 0 Å². The summed E-state index contributed by atoms with van der Waals surface area (Å²) in [6.45, 7) is 4.06. The Bertz CT molecular complexity index is 596. The van der Waals surface area contributed by atoms with Crippen LogP contribution in [0.5, 0.6) is 0 Å². The Kier molecular flexibility index (Phi) is 4.62. The van der Waals surface area contributed by atoms with Crippen LogP contribution in [0, 0.1) is 6.92 Å². The Morgan fingerprint density at radius 3 is 2.37 bits per heavy atom. The van der Waals surface area contributed by atoms with Crippen LogP contribution in [0.1, 0.15) is 24.1 Å². The first-order chi connectivity index (χ1) is 8.97. The molecule has 0 saturated carbocycles. The van der Waals surface area contributed by atoms with E-state index in [4.69, 9.17) is 34.8 Å². The molecule has 0 heterocycles. The molecule has 2 rings (SSSR count). The number of nitrogens with one attached hydrogen (secondary N) is 1. The molecule has 0 aliphatic rings. The molecule has 1 atom stereocenters. The van der Waals surface area contributed by atoms with Gasteiger partial charge in [-0.05, 0) is 49.2 Å². The predicted octanol–water partition coefficient (Wildman–Crippen LogP) is 6.13. The third-order valence-corrected chi connectivity index (χ3v) is 3.81. The van der Waals surface area contributed by atoms with Crippen molar-refractivity contribution in [2.24, 2.45) is 0 Å². The first kappa shape index (κ1) is 14.5. The zero-order valence-electron chi connectivity index (χ0n) is 10.7. The summed E-state index contributed by atoms with van der Waals surface area (Å²) in [6, 6.07) is 11.4. The molecule has 2 aromatic carbocycles. The second-order valence-corrected chi connectivity index (χ2v) is 5.77. The smallest absolute Gasteiger partial charge is 0.0637 e. The van der Waals surface area contributed by atoms with Gasteiger partial charge in [0, 0.05) is 10.0 Å². The van der Waals surface area contributed by atoms with Crippen LogP contribution < -0.4 is 5.32 Å². The van der Waals surface area contributed by atoms with Gasteiger partial charge in [0.05, 0.1) is 16.8 Å². The van der Waals surface area contributed by atoms with Crippen LogP contribution in [-0.4, -0.2) is 0 Å². The molecule has 0 bridgehead atoms. The lowest BCUT2D eigenvalue weighted by molar-refractivity contribution is 0.885. The van der Waals surface area contributed by atoms with Crippen molar-refractivity contribution in [2.45, 2.75) is 19.9 Å². The van der Waals surface area contributed by atoms with E-state index in [9.17, 15) is 0 Å². The average Bonchev–Trinajstić information content (AvgIpc) is 2.33. The first-order valence-electron chi connectivity index (χ1n) is 5.95. The fourth-order valence-corrected chi connectivity index (χ4v) is 2.66. The lowest BCUT2D eigenvalue weighted by Gasteiger charge is -2.18. The van der Waals surface area contributed by atoms with Crippen molar-refractivity contribution in [3.05, 3.63) is 62.6 Å². The molecule has 0 saturated heterocycles. The highest BCUT2D eigenvalue weighted by molar-refractivity contribution is 6.35. The van der Waals surface area contributed by atoms with Gasteiger partial charge in [-0.25, -0.2) is 0 Å². The molecule has 0 unspecified atom stereocenters. The molecule has 0 fully saturated rings. The predicted molar refractivity (Wildman–Crippen MR) is 84.7 cm³/mol. The van der Waals surface area contributed by atoms with Gasteiger partial charge in [0.2, 0.25) is 0 Å². The third-order valence-electron chi connectivity index (χ3n) is 2.92. The number of rotatable bonds is 3. The highest BCUT2D eigenvalue weighted by atomic mass is 35.5. The van der Waals surface area contributed by atoms with Crippen molar-refractivity contribution in [1.82, 2.24) is 0 Å². The van der Waals surface area contributed by atoms with Crippen LogP contribution in [-0.2, 0) is 0 Å². The summed E-state index contributed by atoms with van der Waals surface area (Å²) in [5.41, 5.74) is 3.05. The second-order valence-electron chi connectivity index (χ2n) is 4.52. The zero-order chi connectivity index (χ0) is 14.0. The molecule has 1 N–H and O–H groups in total. The molecular formula is C15H14Cl3N. The van der Waals surface area contributed by atoms with Gasteiger partial charge in [-0.1, -0.05) is 46.9 Å². The summed E-state index contributed by atoms with van der Waals surface area (Å²) < 4.78 is 0. The van der Waals surface area contributed by atoms with Crippen molar-refractivity contribution in [1.29, 1.82) is 0 Å². The quantitative estimate of drug-likeness (QED) is 0.718. The Labute approximate surface area is 128 Å². The molecule has 19 heavy (non-hydrogen) atoms. The largest absolute Gasteiger partial charge is 0.377 e. The van der Waals surface area contributed by atoms with Gasteiger partial charge in [-0.3, -0.25) is 0 Å². The summed E-state index contributed by atoms with van der Waals surface area (Å²) in [5.74, 6) is 0. The van der Waals surface area contributed by atoms with Crippen molar-refractivity contribution in [3.8, 4) is 0 Å². The first-order valence-corrected chi connectivity index (χ1v) is 7.08. The fraction of sp³-hybridized carbons (Fsp3) is 0.200. The summed E-state index contributed by atoms with van der Waals surface area (Å²) in [4.78, 5) is 0. The minimum atomic E-state index is 0.0454. The van der Waals surface area contributed by atoms with Gasteiger partial charge in [0.15, 0.2) is 0 Å². The SMILES string of the molecule is Cc1ccc(Cl)c(N[C@H](C)c2ccc(Cl)cc2Cl)c1. The molecule has 2 aromatic rings. The number of anilines is 1. The molecule has 0 aliphatic carbocycles. The van der Waals surface area contributed by atoms with Crippen molar-refractivity contribution < 1.29 is 0 Å². The van der Waals surface area contributed by atoms with E-state index in [-0.39, 0.29) is 6.04 Å². The third kappa shape index (κ3) is 3.56. The summed E-state index contributed by atoms with van der Waals surface area (Å²) in [5, 5.41) is 5.35. The minimum Gasteiger partial charge on any atom is -0.377 e. The monoisotopic (exact) mass is 313 g/mol. The maximum Gasteiger partial charge on any atom is 0.0637 e. The van der Waals surface area contributed by atoms with Crippen LogP contribution in [0.4, 0.5) is 5.69 Å².